The Labute approximate surface area is 114 Å². The molecular weight excluding hydrogens is 240 g/mol. The van der Waals surface area contributed by atoms with Gasteiger partial charge in [0.05, 0.1) is 13.7 Å². The monoisotopic (exact) mass is 262 g/mol. The van der Waals surface area contributed by atoms with Crippen molar-refractivity contribution >= 4 is 5.78 Å². The lowest BCUT2D eigenvalue weighted by Gasteiger charge is -2.20. The minimum absolute atomic E-state index is 0.235. The van der Waals surface area contributed by atoms with Crippen LogP contribution in [-0.2, 0) is 16.1 Å². The average Bonchev–Trinajstić information content (AvgIpc) is 2.48. The van der Waals surface area contributed by atoms with Crippen LogP contribution in [0, 0.1) is 5.92 Å². The molecule has 2 rings (SSSR count). The molecule has 0 amide bonds. The maximum atomic E-state index is 12.0. The zero-order valence-electron chi connectivity index (χ0n) is 11.6. The molecule has 19 heavy (non-hydrogen) atoms. The molecule has 0 spiro atoms. The van der Waals surface area contributed by atoms with Crippen LogP contribution in [0.2, 0.25) is 0 Å². The standard InChI is InChI=1S/C16H22O3/c1-18-15-9-5-6-13(10-15)11-19-12-16(17)14-7-3-2-4-8-14/h5-6,9-10,14H,2-4,7-8,11-12H2,1H3. The summed E-state index contributed by atoms with van der Waals surface area (Å²) in [5.41, 5.74) is 1.04. The first kappa shape index (κ1) is 14.1. The van der Waals surface area contributed by atoms with Gasteiger partial charge in [-0.25, -0.2) is 0 Å². The number of hydrogen-bond donors (Lipinski definition) is 0. The SMILES string of the molecule is COc1cccc(COCC(=O)C2CCCCC2)c1. The minimum atomic E-state index is 0.235. The third-order valence-electron chi connectivity index (χ3n) is 3.71. The van der Waals surface area contributed by atoms with E-state index in [-0.39, 0.29) is 18.3 Å². The number of carbonyl (C=O) groups excluding carboxylic acids is 1. The second-order valence-corrected chi connectivity index (χ2v) is 5.15. The Morgan fingerprint density at radius 3 is 2.79 bits per heavy atom. The molecule has 0 heterocycles. The summed E-state index contributed by atoms with van der Waals surface area (Å²) >= 11 is 0. The van der Waals surface area contributed by atoms with Gasteiger partial charge < -0.3 is 9.47 Å². The summed E-state index contributed by atoms with van der Waals surface area (Å²) in [7, 11) is 1.65. The highest BCUT2D eigenvalue weighted by Crippen LogP contribution is 2.24. The van der Waals surface area contributed by atoms with Crippen molar-refractivity contribution in [2.45, 2.75) is 38.7 Å². The maximum absolute atomic E-state index is 12.0. The van der Waals surface area contributed by atoms with Crippen LogP contribution in [0.1, 0.15) is 37.7 Å². The zero-order valence-corrected chi connectivity index (χ0v) is 11.6. The molecule has 0 unspecified atom stereocenters. The van der Waals surface area contributed by atoms with E-state index in [1.165, 1.54) is 19.3 Å². The molecule has 1 aliphatic rings. The topological polar surface area (TPSA) is 35.5 Å². The fraction of sp³-hybridized carbons (Fsp3) is 0.562. The minimum Gasteiger partial charge on any atom is -0.497 e. The highest BCUT2D eigenvalue weighted by Gasteiger charge is 2.20. The normalized spacial score (nSPS) is 16.3. The lowest BCUT2D eigenvalue weighted by Crippen LogP contribution is -2.22. The first-order valence-electron chi connectivity index (χ1n) is 7.03. The van der Waals surface area contributed by atoms with Crippen molar-refractivity contribution in [3.8, 4) is 5.75 Å². The van der Waals surface area contributed by atoms with Gasteiger partial charge in [-0.2, -0.15) is 0 Å². The second-order valence-electron chi connectivity index (χ2n) is 5.15. The van der Waals surface area contributed by atoms with Crippen molar-refractivity contribution in [3.05, 3.63) is 29.8 Å². The van der Waals surface area contributed by atoms with E-state index in [0.29, 0.717) is 6.61 Å². The van der Waals surface area contributed by atoms with Crippen LogP contribution < -0.4 is 4.74 Å². The van der Waals surface area contributed by atoms with Gasteiger partial charge in [-0.05, 0) is 30.5 Å². The fourth-order valence-corrected chi connectivity index (χ4v) is 2.57. The largest absolute Gasteiger partial charge is 0.497 e. The van der Waals surface area contributed by atoms with Gasteiger partial charge in [0.15, 0.2) is 5.78 Å². The molecule has 3 nitrogen and oxygen atoms in total. The van der Waals surface area contributed by atoms with E-state index >= 15 is 0 Å². The summed E-state index contributed by atoms with van der Waals surface area (Å²) in [5.74, 6) is 1.32. The summed E-state index contributed by atoms with van der Waals surface area (Å²) in [6.45, 7) is 0.706. The van der Waals surface area contributed by atoms with Gasteiger partial charge in [-0.1, -0.05) is 31.4 Å². The van der Waals surface area contributed by atoms with E-state index < -0.39 is 0 Å². The van der Waals surface area contributed by atoms with Crippen molar-refractivity contribution < 1.29 is 14.3 Å². The van der Waals surface area contributed by atoms with E-state index in [4.69, 9.17) is 9.47 Å². The predicted molar refractivity (Wildman–Crippen MR) is 74.2 cm³/mol. The highest BCUT2D eigenvalue weighted by atomic mass is 16.5. The van der Waals surface area contributed by atoms with Gasteiger partial charge in [-0.3, -0.25) is 4.79 Å². The van der Waals surface area contributed by atoms with E-state index in [1.54, 1.807) is 7.11 Å². The van der Waals surface area contributed by atoms with Crippen LogP contribution in [0.25, 0.3) is 0 Å². The predicted octanol–water partition coefficient (Wildman–Crippen LogP) is 3.36. The van der Waals surface area contributed by atoms with Gasteiger partial charge in [-0.15, -0.1) is 0 Å². The van der Waals surface area contributed by atoms with Crippen LogP contribution in [0.5, 0.6) is 5.75 Å². The quantitative estimate of drug-likeness (QED) is 0.788. The van der Waals surface area contributed by atoms with Crippen LogP contribution >= 0.6 is 0 Å². The summed E-state index contributed by atoms with van der Waals surface area (Å²) < 4.78 is 10.7. The molecule has 0 bridgehead atoms. The summed E-state index contributed by atoms with van der Waals surface area (Å²) in [5, 5.41) is 0. The Hall–Kier alpha value is -1.35. The molecule has 1 fully saturated rings. The van der Waals surface area contributed by atoms with Crippen molar-refractivity contribution in [2.75, 3.05) is 13.7 Å². The van der Waals surface area contributed by atoms with Crippen LogP contribution in [0.3, 0.4) is 0 Å². The molecule has 0 radical (unpaired) electrons. The Morgan fingerprint density at radius 1 is 1.26 bits per heavy atom. The zero-order chi connectivity index (χ0) is 13.5. The fourth-order valence-electron chi connectivity index (χ4n) is 2.57. The summed E-state index contributed by atoms with van der Waals surface area (Å²) in [6.07, 6.45) is 5.73. The molecule has 0 aliphatic heterocycles. The van der Waals surface area contributed by atoms with E-state index in [9.17, 15) is 4.79 Å². The highest BCUT2D eigenvalue weighted by molar-refractivity contribution is 5.82. The van der Waals surface area contributed by atoms with Crippen LogP contribution in [-0.4, -0.2) is 19.5 Å². The van der Waals surface area contributed by atoms with Crippen molar-refractivity contribution in [2.24, 2.45) is 5.92 Å². The maximum Gasteiger partial charge on any atom is 0.161 e. The van der Waals surface area contributed by atoms with Crippen molar-refractivity contribution in [3.63, 3.8) is 0 Å². The molecule has 1 aliphatic carbocycles. The molecule has 0 aromatic heterocycles. The first-order valence-corrected chi connectivity index (χ1v) is 7.03. The number of Topliss-reactive ketones (excluding diaryl/α,β-unsaturated/α-hetero) is 1. The average molecular weight is 262 g/mol. The molecule has 1 aromatic carbocycles. The summed E-state index contributed by atoms with van der Waals surface area (Å²) in [6, 6.07) is 7.75. The van der Waals surface area contributed by atoms with Gasteiger partial charge in [0.2, 0.25) is 0 Å². The van der Waals surface area contributed by atoms with Crippen molar-refractivity contribution in [1.82, 2.24) is 0 Å². The molecule has 1 saturated carbocycles. The first-order chi connectivity index (χ1) is 9.29. The number of benzene rings is 1. The van der Waals surface area contributed by atoms with E-state index in [0.717, 1.165) is 24.2 Å². The third-order valence-corrected chi connectivity index (χ3v) is 3.71. The molecule has 0 atom stereocenters. The molecule has 0 saturated heterocycles. The van der Waals surface area contributed by atoms with Gasteiger partial charge in [0, 0.05) is 5.92 Å². The van der Waals surface area contributed by atoms with Gasteiger partial charge in [0.1, 0.15) is 12.4 Å². The van der Waals surface area contributed by atoms with E-state index in [2.05, 4.69) is 0 Å². The molecule has 104 valence electrons. The van der Waals surface area contributed by atoms with Gasteiger partial charge >= 0.3 is 0 Å². The molecule has 1 aromatic rings. The molecule has 0 N–H and O–H groups in total. The number of carbonyl (C=O) groups is 1. The lowest BCUT2D eigenvalue weighted by atomic mass is 9.86. The lowest BCUT2D eigenvalue weighted by molar-refractivity contribution is -0.128. The second kappa shape index (κ2) is 7.29. The number of ketones is 1. The van der Waals surface area contributed by atoms with Gasteiger partial charge in [0.25, 0.3) is 0 Å². The Kier molecular flexibility index (Phi) is 5.40. The number of rotatable bonds is 6. The molecule has 3 heteroatoms. The van der Waals surface area contributed by atoms with Crippen molar-refractivity contribution in [1.29, 1.82) is 0 Å². The Bertz CT molecular complexity index is 408. The number of hydrogen-bond acceptors (Lipinski definition) is 3. The Balaban J connectivity index is 1.74. The number of ether oxygens (including phenoxy) is 2. The van der Waals surface area contributed by atoms with E-state index in [1.807, 2.05) is 24.3 Å². The Morgan fingerprint density at radius 2 is 2.05 bits per heavy atom. The van der Waals surface area contributed by atoms with Crippen LogP contribution in [0.4, 0.5) is 0 Å². The third kappa shape index (κ3) is 4.35. The van der Waals surface area contributed by atoms with Crippen LogP contribution in [0.15, 0.2) is 24.3 Å². The molecular formula is C16H22O3. The smallest absolute Gasteiger partial charge is 0.161 e. The summed E-state index contributed by atoms with van der Waals surface area (Å²) in [4.78, 5) is 12.0. The number of methoxy groups -OCH3 is 1.